The number of aromatic nitrogens is 1. The number of carbonyl (C=O) groups is 2. The van der Waals surface area contributed by atoms with Gasteiger partial charge in [0.05, 0.1) is 18.0 Å². The number of nitrogens with one attached hydrogen (secondary N) is 1. The average molecular weight is 297 g/mol. The quantitative estimate of drug-likeness (QED) is 0.892. The van der Waals surface area contributed by atoms with Crippen LogP contribution in [-0.4, -0.2) is 47.3 Å². The molecule has 0 saturated carbocycles. The Hall–Kier alpha value is -1.50. The summed E-state index contributed by atoms with van der Waals surface area (Å²) in [4.78, 5) is 25.1. The van der Waals surface area contributed by atoms with Crippen molar-refractivity contribution >= 4 is 23.6 Å². The maximum Gasteiger partial charge on any atom is 0.239 e. The molecule has 0 bridgehead atoms. The van der Waals surface area contributed by atoms with Crippen molar-refractivity contribution in [1.82, 2.24) is 15.4 Å². The van der Waals surface area contributed by atoms with E-state index < -0.39 is 0 Å². The first-order valence-corrected chi connectivity index (χ1v) is 7.77. The van der Waals surface area contributed by atoms with Crippen molar-refractivity contribution in [2.45, 2.75) is 26.0 Å². The highest BCUT2D eigenvalue weighted by Crippen LogP contribution is 2.19. The number of hydrogen-bond donors (Lipinski definition) is 1. The number of carbonyl (C=O) groups excluding carboxylic acids is 2. The van der Waals surface area contributed by atoms with Gasteiger partial charge in [0, 0.05) is 24.4 Å². The molecule has 20 heavy (non-hydrogen) atoms. The van der Waals surface area contributed by atoms with Crippen LogP contribution in [0.15, 0.2) is 4.52 Å². The van der Waals surface area contributed by atoms with Crippen LogP contribution in [0.5, 0.6) is 0 Å². The second kappa shape index (κ2) is 6.78. The van der Waals surface area contributed by atoms with Crippen molar-refractivity contribution in [3.63, 3.8) is 0 Å². The van der Waals surface area contributed by atoms with E-state index in [1.807, 2.05) is 13.8 Å². The van der Waals surface area contributed by atoms with Gasteiger partial charge in [-0.25, -0.2) is 0 Å². The number of aryl methyl sites for hydroxylation is 2. The SMILES string of the molecule is Cc1noc(C)c1CSCC(=O)N1CCCNC(=O)C1. The Balaban J connectivity index is 1.81. The molecule has 1 N–H and O–H groups in total. The van der Waals surface area contributed by atoms with Gasteiger partial charge in [-0.2, -0.15) is 0 Å². The zero-order chi connectivity index (χ0) is 14.5. The first kappa shape index (κ1) is 14.9. The molecule has 2 amide bonds. The van der Waals surface area contributed by atoms with Crippen LogP contribution in [0.1, 0.15) is 23.4 Å². The Morgan fingerprint density at radius 1 is 1.50 bits per heavy atom. The molecule has 0 radical (unpaired) electrons. The molecular formula is C13H19N3O3S. The van der Waals surface area contributed by atoms with Gasteiger partial charge < -0.3 is 14.7 Å². The topological polar surface area (TPSA) is 75.4 Å². The maximum atomic E-state index is 12.1. The highest BCUT2D eigenvalue weighted by Gasteiger charge is 2.19. The summed E-state index contributed by atoms with van der Waals surface area (Å²) < 4.78 is 5.09. The zero-order valence-electron chi connectivity index (χ0n) is 11.8. The molecule has 1 aromatic heterocycles. The van der Waals surface area contributed by atoms with Gasteiger partial charge in [0.15, 0.2) is 0 Å². The molecule has 1 fully saturated rings. The molecule has 7 heteroatoms. The van der Waals surface area contributed by atoms with Gasteiger partial charge in [0.25, 0.3) is 0 Å². The van der Waals surface area contributed by atoms with E-state index >= 15 is 0 Å². The molecule has 6 nitrogen and oxygen atoms in total. The van der Waals surface area contributed by atoms with Crippen LogP contribution in [0.4, 0.5) is 0 Å². The molecule has 0 aromatic carbocycles. The van der Waals surface area contributed by atoms with Gasteiger partial charge in [-0.3, -0.25) is 9.59 Å². The minimum atomic E-state index is -0.0772. The number of hydrogen-bond acceptors (Lipinski definition) is 5. The largest absolute Gasteiger partial charge is 0.361 e. The molecule has 2 heterocycles. The molecule has 110 valence electrons. The molecule has 1 saturated heterocycles. The summed E-state index contributed by atoms with van der Waals surface area (Å²) in [7, 11) is 0. The predicted octanol–water partition coefficient (Wildman–Crippen LogP) is 0.873. The van der Waals surface area contributed by atoms with E-state index in [0.29, 0.717) is 24.6 Å². The summed E-state index contributed by atoms with van der Waals surface area (Å²) in [5.74, 6) is 1.81. The third kappa shape index (κ3) is 3.75. The lowest BCUT2D eigenvalue weighted by Crippen LogP contribution is -2.38. The van der Waals surface area contributed by atoms with E-state index in [2.05, 4.69) is 10.5 Å². The maximum absolute atomic E-state index is 12.1. The van der Waals surface area contributed by atoms with Crippen molar-refractivity contribution in [1.29, 1.82) is 0 Å². The van der Waals surface area contributed by atoms with Gasteiger partial charge in [0.2, 0.25) is 11.8 Å². The van der Waals surface area contributed by atoms with Crippen molar-refractivity contribution in [3.05, 3.63) is 17.0 Å². The van der Waals surface area contributed by atoms with E-state index in [9.17, 15) is 9.59 Å². The van der Waals surface area contributed by atoms with Crippen molar-refractivity contribution < 1.29 is 14.1 Å². The van der Waals surface area contributed by atoms with Crippen LogP contribution in [0.2, 0.25) is 0 Å². The summed E-state index contributed by atoms with van der Waals surface area (Å²) in [6, 6.07) is 0. The molecule has 0 spiro atoms. The van der Waals surface area contributed by atoms with Gasteiger partial charge >= 0.3 is 0 Å². The minimum absolute atomic E-state index is 0.0128. The van der Waals surface area contributed by atoms with Crippen LogP contribution < -0.4 is 5.32 Å². The van der Waals surface area contributed by atoms with E-state index in [1.165, 1.54) is 11.8 Å². The zero-order valence-corrected chi connectivity index (χ0v) is 12.6. The monoisotopic (exact) mass is 297 g/mol. The Bertz CT molecular complexity index is 482. The molecule has 0 unspecified atom stereocenters. The number of rotatable bonds is 4. The number of nitrogens with zero attached hydrogens (tertiary/aromatic N) is 2. The third-order valence-electron chi connectivity index (χ3n) is 3.27. The van der Waals surface area contributed by atoms with Gasteiger partial charge in [0.1, 0.15) is 5.76 Å². The smallest absolute Gasteiger partial charge is 0.239 e. The van der Waals surface area contributed by atoms with E-state index in [-0.39, 0.29) is 18.4 Å². The van der Waals surface area contributed by atoms with Crippen LogP contribution in [0.25, 0.3) is 0 Å². The van der Waals surface area contributed by atoms with Crippen LogP contribution in [0, 0.1) is 13.8 Å². The van der Waals surface area contributed by atoms with Crippen molar-refractivity contribution in [2.24, 2.45) is 0 Å². The van der Waals surface area contributed by atoms with Gasteiger partial charge in [-0.1, -0.05) is 5.16 Å². The summed E-state index contributed by atoms with van der Waals surface area (Å²) in [5.41, 5.74) is 1.92. The van der Waals surface area contributed by atoms with E-state index in [0.717, 1.165) is 23.4 Å². The average Bonchev–Trinajstić information content (AvgIpc) is 2.63. The molecule has 1 aliphatic rings. The Morgan fingerprint density at radius 2 is 2.30 bits per heavy atom. The van der Waals surface area contributed by atoms with Gasteiger partial charge in [-0.15, -0.1) is 11.8 Å². The van der Waals surface area contributed by atoms with Crippen LogP contribution in [-0.2, 0) is 15.3 Å². The lowest BCUT2D eigenvalue weighted by molar-refractivity contribution is -0.133. The summed E-state index contributed by atoms with van der Waals surface area (Å²) in [6.45, 7) is 5.23. The first-order valence-electron chi connectivity index (χ1n) is 6.62. The van der Waals surface area contributed by atoms with Crippen LogP contribution in [0.3, 0.4) is 0 Å². The third-order valence-corrected chi connectivity index (χ3v) is 4.21. The molecule has 1 aromatic rings. The number of amides is 2. The molecule has 1 aliphatic heterocycles. The first-order chi connectivity index (χ1) is 9.58. The second-order valence-corrected chi connectivity index (χ2v) is 5.80. The predicted molar refractivity (Wildman–Crippen MR) is 76.3 cm³/mol. The van der Waals surface area contributed by atoms with Crippen molar-refractivity contribution in [2.75, 3.05) is 25.4 Å². The van der Waals surface area contributed by atoms with Gasteiger partial charge in [-0.05, 0) is 20.3 Å². The lowest BCUT2D eigenvalue weighted by Gasteiger charge is -2.18. The highest BCUT2D eigenvalue weighted by molar-refractivity contribution is 7.99. The molecule has 0 aliphatic carbocycles. The Morgan fingerprint density at radius 3 is 3.00 bits per heavy atom. The Labute approximate surface area is 122 Å². The fourth-order valence-corrected chi connectivity index (χ4v) is 3.13. The van der Waals surface area contributed by atoms with Crippen LogP contribution >= 0.6 is 11.8 Å². The van der Waals surface area contributed by atoms with E-state index in [1.54, 1.807) is 4.90 Å². The minimum Gasteiger partial charge on any atom is -0.361 e. The lowest BCUT2D eigenvalue weighted by atomic mass is 10.2. The standard InChI is InChI=1S/C13H19N3O3S/c1-9-11(10(2)19-15-9)7-20-8-13(18)16-5-3-4-14-12(17)6-16/h3-8H2,1-2H3,(H,14,17). The summed E-state index contributed by atoms with van der Waals surface area (Å²) in [6.07, 6.45) is 0.812. The second-order valence-electron chi connectivity index (χ2n) is 4.81. The number of thioether (sulfide) groups is 1. The Kier molecular flexibility index (Phi) is 5.05. The van der Waals surface area contributed by atoms with Crippen molar-refractivity contribution in [3.8, 4) is 0 Å². The fourth-order valence-electron chi connectivity index (χ4n) is 2.06. The summed E-state index contributed by atoms with van der Waals surface area (Å²) in [5, 5.41) is 6.65. The summed E-state index contributed by atoms with van der Waals surface area (Å²) >= 11 is 1.53. The molecule has 2 rings (SSSR count). The molecular weight excluding hydrogens is 278 g/mol. The normalized spacial score (nSPS) is 15.9. The fraction of sp³-hybridized carbons (Fsp3) is 0.615. The van der Waals surface area contributed by atoms with E-state index in [4.69, 9.17) is 4.52 Å². The molecule has 0 atom stereocenters. The highest BCUT2D eigenvalue weighted by atomic mass is 32.2.